The predicted octanol–water partition coefficient (Wildman–Crippen LogP) is 8.66. The van der Waals surface area contributed by atoms with E-state index in [0.717, 1.165) is 63.0 Å². The molecule has 1 heterocycles. The van der Waals surface area contributed by atoms with Crippen molar-refractivity contribution in [1.82, 2.24) is 4.90 Å². The zero-order valence-electron chi connectivity index (χ0n) is 25.9. The average molecular weight is 536 g/mol. The molecule has 0 radical (unpaired) electrons. The Morgan fingerprint density at radius 1 is 1.15 bits per heavy atom. The van der Waals surface area contributed by atoms with Crippen LogP contribution in [0, 0.1) is 11.3 Å². The van der Waals surface area contributed by atoms with Gasteiger partial charge in [0.1, 0.15) is 5.60 Å². The summed E-state index contributed by atoms with van der Waals surface area (Å²) in [5.41, 5.74) is 4.78. The smallest absolute Gasteiger partial charge is 0.219 e. The Hall–Kier alpha value is -2.59. The van der Waals surface area contributed by atoms with E-state index in [2.05, 4.69) is 90.7 Å². The molecule has 0 saturated carbocycles. The number of unbranched alkanes of at least 4 members (excludes halogenated alkanes) is 2. The lowest BCUT2D eigenvalue weighted by atomic mass is 9.68. The molecule has 2 atom stereocenters. The van der Waals surface area contributed by atoms with Gasteiger partial charge in [-0.05, 0) is 86.7 Å². The highest BCUT2D eigenvalue weighted by Gasteiger charge is 2.39. The van der Waals surface area contributed by atoms with Crippen LogP contribution in [0.3, 0.4) is 0 Å². The minimum Gasteiger partial charge on any atom is -0.498 e. The van der Waals surface area contributed by atoms with Gasteiger partial charge in [-0.15, -0.1) is 0 Å². The minimum absolute atomic E-state index is 0.0498. The number of rotatable bonds is 16. The molecule has 216 valence electrons. The SMILES string of the molecule is C=C/C(=C\C(C)=C(/C)OCCCCCN(C)C(C)=O)C(CC)(CC)C1=CC(C)C=C(/C=C/C2(CC)CO2)C=C1. The Morgan fingerprint density at radius 3 is 2.41 bits per heavy atom. The number of allylic oxidation sites excluding steroid dienone is 12. The lowest BCUT2D eigenvalue weighted by molar-refractivity contribution is -0.127. The Labute approximate surface area is 238 Å². The molecule has 1 aliphatic carbocycles. The Bertz CT molecular complexity index is 1030. The van der Waals surface area contributed by atoms with Crippen molar-refractivity contribution in [1.29, 1.82) is 0 Å². The van der Waals surface area contributed by atoms with Gasteiger partial charge in [-0.3, -0.25) is 4.79 Å². The summed E-state index contributed by atoms with van der Waals surface area (Å²) < 4.78 is 11.8. The second kappa shape index (κ2) is 15.3. The van der Waals surface area contributed by atoms with Gasteiger partial charge >= 0.3 is 0 Å². The molecule has 2 rings (SSSR count). The van der Waals surface area contributed by atoms with Crippen molar-refractivity contribution in [2.45, 2.75) is 92.6 Å². The van der Waals surface area contributed by atoms with E-state index in [-0.39, 0.29) is 16.9 Å². The van der Waals surface area contributed by atoms with E-state index in [0.29, 0.717) is 12.5 Å². The largest absolute Gasteiger partial charge is 0.498 e. The zero-order valence-corrected chi connectivity index (χ0v) is 25.9. The van der Waals surface area contributed by atoms with Gasteiger partial charge in [0.15, 0.2) is 0 Å². The fraction of sp³-hybridized carbons (Fsp3) is 0.571. The lowest BCUT2D eigenvalue weighted by Crippen LogP contribution is -2.24. The first-order valence-electron chi connectivity index (χ1n) is 14.9. The maximum absolute atomic E-state index is 11.3. The van der Waals surface area contributed by atoms with E-state index in [1.165, 1.54) is 16.7 Å². The molecule has 1 amide bonds. The van der Waals surface area contributed by atoms with Gasteiger partial charge in [-0.25, -0.2) is 0 Å². The summed E-state index contributed by atoms with van der Waals surface area (Å²) in [6, 6.07) is 0. The van der Waals surface area contributed by atoms with E-state index in [1.54, 1.807) is 11.8 Å². The highest BCUT2D eigenvalue weighted by molar-refractivity contribution is 5.72. The Balaban J connectivity index is 2.15. The van der Waals surface area contributed by atoms with Crippen LogP contribution < -0.4 is 0 Å². The second-order valence-electron chi connectivity index (χ2n) is 11.2. The molecule has 4 heteroatoms. The van der Waals surface area contributed by atoms with E-state index in [1.807, 2.05) is 13.1 Å². The molecule has 0 aromatic carbocycles. The minimum atomic E-state index is -0.117. The van der Waals surface area contributed by atoms with Crippen LogP contribution in [0.2, 0.25) is 0 Å². The number of ether oxygens (including phenoxy) is 2. The van der Waals surface area contributed by atoms with Gasteiger partial charge in [-0.1, -0.05) is 76.8 Å². The van der Waals surface area contributed by atoms with E-state index < -0.39 is 0 Å². The molecule has 0 bridgehead atoms. The number of hydrogen-bond donors (Lipinski definition) is 0. The molecular formula is C35H53NO3. The van der Waals surface area contributed by atoms with Gasteiger partial charge in [0.25, 0.3) is 0 Å². The third-order valence-electron chi connectivity index (χ3n) is 8.50. The van der Waals surface area contributed by atoms with Gasteiger partial charge in [0, 0.05) is 25.9 Å². The highest BCUT2D eigenvalue weighted by Crippen LogP contribution is 2.45. The summed E-state index contributed by atoms with van der Waals surface area (Å²) in [5, 5.41) is 0. The molecule has 0 aromatic heterocycles. The van der Waals surface area contributed by atoms with Crippen LogP contribution in [-0.2, 0) is 14.3 Å². The number of carbonyl (C=O) groups is 1. The normalized spacial score (nSPS) is 22.2. The second-order valence-corrected chi connectivity index (χ2v) is 11.2. The summed E-state index contributed by atoms with van der Waals surface area (Å²) in [6.07, 6.45) is 24.1. The van der Waals surface area contributed by atoms with Crippen molar-refractivity contribution in [3.8, 4) is 0 Å². The first kappa shape index (κ1) is 32.6. The third kappa shape index (κ3) is 9.24. The third-order valence-corrected chi connectivity index (χ3v) is 8.50. The molecule has 1 fully saturated rings. The van der Waals surface area contributed by atoms with Crippen molar-refractivity contribution in [2.75, 3.05) is 26.8 Å². The van der Waals surface area contributed by atoms with Crippen LogP contribution in [0.4, 0.5) is 0 Å². The van der Waals surface area contributed by atoms with Crippen molar-refractivity contribution < 1.29 is 14.3 Å². The van der Waals surface area contributed by atoms with Crippen molar-refractivity contribution in [3.63, 3.8) is 0 Å². The topological polar surface area (TPSA) is 42.1 Å². The molecule has 1 saturated heterocycles. The summed E-state index contributed by atoms with van der Waals surface area (Å²) in [5.74, 6) is 1.40. The molecule has 0 N–H and O–H groups in total. The quantitative estimate of drug-likeness (QED) is 0.0859. The van der Waals surface area contributed by atoms with Crippen molar-refractivity contribution in [2.24, 2.45) is 11.3 Å². The Kier molecular flexibility index (Phi) is 12.8. The van der Waals surface area contributed by atoms with E-state index in [4.69, 9.17) is 9.47 Å². The lowest BCUT2D eigenvalue weighted by Gasteiger charge is -2.35. The zero-order chi connectivity index (χ0) is 29.1. The molecule has 39 heavy (non-hydrogen) atoms. The summed E-state index contributed by atoms with van der Waals surface area (Å²) >= 11 is 0. The van der Waals surface area contributed by atoms with Gasteiger partial charge in [-0.2, -0.15) is 0 Å². The van der Waals surface area contributed by atoms with Gasteiger partial charge < -0.3 is 14.4 Å². The predicted molar refractivity (Wildman–Crippen MR) is 165 cm³/mol. The molecule has 1 aliphatic heterocycles. The number of nitrogens with zero attached hydrogens (tertiary/aromatic N) is 1. The fourth-order valence-corrected chi connectivity index (χ4v) is 5.21. The maximum Gasteiger partial charge on any atom is 0.219 e. The molecular weight excluding hydrogens is 482 g/mol. The number of epoxide rings is 1. The average Bonchev–Trinajstić information content (AvgIpc) is 3.73. The maximum atomic E-state index is 11.3. The first-order chi connectivity index (χ1) is 18.6. The van der Waals surface area contributed by atoms with Crippen LogP contribution in [-0.4, -0.2) is 43.2 Å². The van der Waals surface area contributed by atoms with Crippen molar-refractivity contribution >= 4 is 5.91 Å². The number of hydrogen-bond acceptors (Lipinski definition) is 3. The molecule has 0 aromatic rings. The number of carbonyl (C=O) groups excluding carboxylic acids is 1. The van der Waals surface area contributed by atoms with Gasteiger partial charge in [0.05, 0.1) is 19.0 Å². The van der Waals surface area contributed by atoms with Gasteiger partial charge in [0.2, 0.25) is 5.91 Å². The van der Waals surface area contributed by atoms with Crippen LogP contribution in [0.15, 0.2) is 83.2 Å². The monoisotopic (exact) mass is 535 g/mol. The summed E-state index contributed by atoms with van der Waals surface area (Å²) in [7, 11) is 1.85. The molecule has 2 unspecified atom stereocenters. The molecule has 0 spiro atoms. The number of amides is 1. The van der Waals surface area contributed by atoms with Crippen LogP contribution in [0.5, 0.6) is 0 Å². The van der Waals surface area contributed by atoms with E-state index in [9.17, 15) is 4.79 Å². The fourth-order valence-electron chi connectivity index (χ4n) is 5.21. The van der Waals surface area contributed by atoms with Crippen LogP contribution >= 0.6 is 0 Å². The molecule has 2 aliphatic rings. The Morgan fingerprint density at radius 2 is 1.85 bits per heavy atom. The van der Waals surface area contributed by atoms with Crippen molar-refractivity contribution in [3.05, 3.63) is 83.2 Å². The van der Waals surface area contributed by atoms with Crippen LogP contribution in [0.25, 0.3) is 0 Å². The highest BCUT2D eigenvalue weighted by atomic mass is 16.6. The van der Waals surface area contributed by atoms with Crippen LogP contribution in [0.1, 0.15) is 87.0 Å². The standard InChI is InChI=1S/C35H53NO3/c1-10-32(25-28(6)29(7)38-22-16-14-15-21-36(9)30(8)37)35(12-3,13-4)33-18-17-31(23-27(5)24-33)19-20-34(11-2)26-39-34/h10,17-20,23-25,27H,1,11-16,21-22,26H2,2-9H3/b20-19+,29-28+,32-25+. The molecule has 4 nitrogen and oxygen atoms in total. The first-order valence-corrected chi connectivity index (χ1v) is 14.9. The summed E-state index contributed by atoms with van der Waals surface area (Å²) in [6.45, 7) is 21.3. The van der Waals surface area contributed by atoms with E-state index >= 15 is 0 Å². The summed E-state index contributed by atoms with van der Waals surface area (Å²) in [4.78, 5) is 13.1.